The minimum absolute atomic E-state index is 0.642. The Labute approximate surface area is 72.4 Å². The van der Waals surface area contributed by atoms with Crippen LogP contribution in [0, 0.1) is 5.92 Å². The summed E-state index contributed by atoms with van der Waals surface area (Å²) >= 11 is 0. The summed E-state index contributed by atoms with van der Waals surface area (Å²) in [6.45, 7) is 3.06. The van der Waals surface area contributed by atoms with Crippen LogP contribution in [-0.4, -0.2) is 16.7 Å². The van der Waals surface area contributed by atoms with Crippen molar-refractivity contribution in [3.63, 3.8) is 0 Å². The highest BCUT2D eigenvalue weighted by molar-refractivity contribution is 5.28. The maximum atomic E-state index is 5.57. The lowest BCUT2D eigenvalue weighted by Crippen LogP contribution is -2.10. The Morgan fingerprint density at radius 1 is 1.75 bits per heavy atom. The smallest absolute Gasteiger partial charge is 0.0525 e. The predicted octanol–water partition coefficient (Wildman–Crippen LogP) is 1.03. The number of fused-ring (bicyclic) bond motifs is 1. The summed E-state index contributed by atoms with van der Waals surface area (Å²) in [4.78, 5) is 0. The largest absolute Gasteiger partial charge is 0.330 e. The van der Waals surface area contributed by atoms with E-state index < -0.39 is 0 Å². The maximum absolute atomic E-state index is 5.57. The van der Waals surface area contributed by atoms with E-state index in [-0.39, 0.29) is 0 Å². The Hall–Kier alpha value is -0.830. The topological polar surface area (TPSA) is 54.7 Å². The quantitative estimate of drug-likeness (QED) is 0.687. The summed E-state index contributed by atoms with van der Waals surface area (Å²) in [6, 6.07) is 0. The van der Waals surface area contributed by atoms with E-state index in [0.29, 0.717) is 5.92 Å². The second-order valence-electron chi connectivity index (χ2n) is 3.67. The van der Waals surface area contributed by atoms with Gasteiger partial charge in [0.2, 0.25) is 0 Å². The second-order valence-corrected chi connectivity index (χ2v) is 3.67. The SMILES string of the molecule is CC1Cc2[nH]ncc2C1CCN. The molecule has 2 rings (SSSR count). The standard InChI is InChI=1S/C9H15N3/c1-6-4-9-8(5-11-12-9)7(6)2-3-10/h5-7H,2-4,10H2,1H3,(H,11,12). The van der Waals surface area contributed by atoms with E-state index in [4.69, 9.17) is 5.73 Å². The van der Waals surface area contributed by atoms with Gasteiger partial charge in [0.25, 0.3) is 0 Å². The molecule has 0 amide bonds. The molecule has 1 aromatic heterocycles. The molecule has 3 nitrogen and oxygen atoms in total. The number of hydrogen-bond acceptors (Lipinski definition) is 2. The summed E-state index contributed by atoms with van der Waals surface area (Å²) < 4.78 is 0. The minimum atomic E-state index is 0.642. The van der Waals surface area contributed by atoms with E-state index in [1.165, 1.54) is 11.3 Å². The number of nitrogens with two attached hydrogens (primary N) is 1. The lowest BCUT2D eigenvalue weighted by Gasteiger charge is -2.13. The van der Waals surface area contributed by atoms with Crippen LogP contribution in [0.4, 0.5) is 0 Å². The number of nitrogens with one attached hydrogen (secondary N) is 1. The van der Waals surface area contributed by atoms with Crippen LogP contribution in [0.3, 0.4) is 0 Å². The van der Waals surface area contributed by atoms with Gasteiger partial charge in [-0.25, -0.2) is 0 Å². The van der Waals surface area contributed by atoms with Crippen LogP contribution in [-0.2, 0) is 6.42 Å². The number of H-pyrrole nitrogens is 1. The number of aromatic nitrogens is 2. The van der Waals surface area contributed by atoms with Crippen LogP contribution in [0.2, 0.25) is 0 Å². The molecular weight excluding hydrogens is 150 g/mol. The van der Waals surface area contributed by atoms with Crippen LogP contribution < -0.4 is 5.73 Å². The Morgan fingerprint density at radius 3 is 3.33 bits per heavy atom. The molecule has 66 valence electrons. The van der Waals surface area contributed by atoms with E-state index in [9.17, 15) is 0 Å². The highest BCUT2D eigenvalue weighted by Crippen LogP contribution is 2.38. The third-order valence-electron chi connectivity index (χ3n) is 2.84. The number of nitrogens with zero attached hydrogens (tertiary/aromatic N) is 1. The van der Waals surface area contributed by atoms with Crippen molar-refractivity contribution in [2.75, 3.05) is 6.54 Å². The van der Waals surface area contributed by atoms with Gasteiger partial charge in [0.15, 0.2) is 0 Å². The van der Waals surface area contributed by atoms with Gasteiger partial charge in [0.1, 0.15) is 0 Å². The molecule has 0 bridgehead atoms. The molecule has 3 N–H and O–H groups in total. The summed E-state index contributed by atoms with van der Waals surface area (Å²) in [5.74, 6) is 1.38. The van der Waals surface area contributed by atoms with Gasteiger partial charge in [-0.1, -0.05) is 6.92 Å². The second kappa shape index (κ2) is 2.90. The van der Waals surface area contributed by atoms with E-state index in [1.54, 1.807) is 0 Å². The zero-order valence-electron chi connectivity index (χ0n) is 7.38. The third kappa shape index (κ3) is 1.05. The monoisotopic (exact) mass is 165 g/mol. The molecule has 0 spiro atoms. The molecule has 12 heavy (non-hydrogen) atoms. The first-order valence-corrected chi connectivity index (χ1v) is 4.55. The summed E-state index contributed by atoms with van der Waals surface area (Å²) in [7, 11) is 0. The van der Waals surface area contributed by atoms with Gasteiger partial charge in [-0.3, -0.25) is 5.10 Å². The molecule has 1 aromatic rings. The number of aromatic amines is 1. The molecule has 0 aliphatic heterocycles. The average Bonchev–Trinajstić information content (AvgIpc) is 2.56. The van der Waals surface area contributed by atoms with Crippen molar-refractivity contribution in [1.82, 2.24) is 10.2 Å². The molecule has 1 heterocycles. The Morgan fingerprint density at radius 2 is 2.58 bits per heavy atom. The molecule has 0 saturated carbocycles. The normalized spacial score (nSPS) is 27.5. The van der Waals surface area contributed by atoms with Crippen LogP contribution >= 0.6 is 0 Å². The summed E-state index contributed by atoms with van der Waals surface area (Å²) in [6.07, 6.45) is 4.19. The lowest BCUT2D eigenvalue weighted by molar-refractivity contribution is 0.471. The van der Waals surface area contributed by atoms with E-state index >= 15 is 0 Å². The molecule has 0 radical (unpaired) electrons. The summed E-state index contributed by atoms with van der Waals surface area (Å²) in [5, 5.41) is 7.09. The fourth-order valence-corrected chi connectivity index (χ4v) is 2.20. The molecule has 0 aromatic carbocycles. The van der Waals surface area contributed by atoms with Crippen LogP contribution in [0.25, 0.3) is 0 Å². The van der Waals surface area contributed by atoms with Gasteiger partial charge in [-0.05, 0) is 36.8 Å². The van der Waals surface area contributed by atoms with Crippen LogP contribution in [0.5, 0.6) is 0 Å². The highest BCUT2D eigenvalue weighted by Gasteiger charge is 2.29. The van der Waals surface area contributed by atoms with Crippen molar-refractivity contribution in [2.24, 2.45) is 11.7 Å². The van der Waals surface area contributed by atoms with E-state index in [2.05, 4.69) is 17.1 Å². The summed E-state index contributed by atoms with van der Waals surface area (Å²) in [5.41, 5.74) is 8.28. The zero-order chi connectivity index (χ0) is 8.55. The predicted molar refractivity (Wildman–Crippen MR) is 47.9 cm³/mol. The van der Waals surface area contributed by atoms with Gasteiger partial charge >= 0.3 is 0 Å². The molecule has 2 atom stereocenters. The molecule has 1 aliphatic carbocycles. The Bertz CT molecular complexity index is 266. The zero-order valence-corrected chi connectivity index (χ0v) is 7.38. The van der Waals surface area contributed by atoms with Crippen LogP contribution in [0.1, 0.15) is 30.5 Å². The molecular formula is C9H15N3. The fourth-order valence-electron chi connectivity index (χ4n) is 2.20. The van der Waals surface area contributed by atoms with Gasteiger partial charge in [0, 0.05) is 5.69 Å². The third-order valence-corrected chi connectivity index (χ3v) is 2.84. The van der Waals surface area contributed by atoms with E-state index in [1.807, 2.05) is 6.20 Å². The first-order chi connectivity index (χ1) is 5.83. The molecule has 3 heteroatoms. The average molecular weight is 165 g/mol. The van der Waals surface area contributed by atoms with Crippen molar-refractivity contribution in [3.8, 4) is 0 Å². The van der Waals surface area contributed by atoms with Crippen molar-refractivity contribution in [3.05, 3.63) is 17.5 Å². The molecule has 0 fully saturated rings. The van der Waals surface area contributed by atoms with Gasteiger partial charge in [0.05, 0.1) is 6.20 Å². The first kappa shape index (κ1) is 7.80. The van der Waals surface area contributed by atoms with Crippen molar-refractivity contribution < 1.29 is 0 Å². The molecule has 0 saturated heterocycles. The molecule has 2 unspecified atom stereocenters. The lowest BCUT2D eigenvalue weighted by atomic mass is 9.92. The van der Waals surface area contributed by atoms with Gasteiger partial charge in [-0.2, -0.15) is 5.10 Å². The first-order valence-electron chi connectivity index (χ1n) is 4.55. The van der Waals surface area contributed by atoms with Gasteiger partial charge in [-0.15, -0.1) is 0 Å². The Kier molecular flexibility index (Phi) is 1.89. The highest BCUT2D eigenvalue weighted by atomic mass is 15.1. The number of rotatable bonds is 2. The van der Waals surface area contributed by atoms with Crippen molar-refractivity contribution in [1.29, 1.82) is 0 Å². The van der Waals surface area contributed by atoms with Crippen molar-refractivity contribution in [2.45, 2.75) is 25.7 Å². The maximum Gasteiger partial charge on any atom is 0.0525 e. The minimum Gasteiger partial charge on any atom is -0.330 e. The molecule has 1 aliphatic rings. The fraction of sp³-hybridized carbons (Fsp3) is 0.667. The van der Waals surface area contributed by atoms with E-state index in [0.717, 1.165) is 25.3 Å². The Balaban J connectivity index is 2.23. The van der Waals surface area contributed by atoms with Gasteiger partial charge < -0.3 is 5.73 Å². The van der Waals surface area contributed by atoms with Crippen molar-refractivity contribution >= 4 is 0 Å². The number of hydrogen-bond donors (Lipinski definition) is 2. The van der Waals surface area contributed by atoms with Crippen LogP contribution in [0.15, 0.2) is 6.20 Å².